The normalized spacial score (nSPS) is 18.3. The van der Waals surface area contributed by atoms with Gasteiger partial charge in [-0.3, -0.25) is 4.79 Å². The van der Waals surface area contributed by atoms with Gasteiger partial charge < -0.3 is 10.8 Å². The van der Waals surface area contributed by atoms with Crippen LogP contribution in [0, 0.1) is 0 Å². The van der Waals surface area contributed by atoms with Crippen molar-refractivity contribution < 1.29 is 14.5 Å². The van der Waals surface area contributed by atoms with E-state index in [4.69, 9.17) is 22.4 Å². The molecule has 1 saturated carbocycles. The molecule has 0 radical (unpaired) electrons. The number of carbonyl (C=O) groups is 1. The first-order valence-corrected chi connectivity index (χ1v) is 10.1. The maximum atomic E-state index is 12.0. The standard InChI is InChI=1S/C21H22ClN5O2/c22-17-11-24-20(25-15-12-27(13-15)9-10-28)26-18(17)6-5-14-3-1-2-4-16(14)21(7-8-21)19(23)29/h1-4,11-12,28H,5-10,13H2,(H-,23,29)/p+1. The van der Waals surface area contributed by atoms with E-state index in [1.54, 1.807) is 6.20 Å². The molecule has 0 spiro atoms. The second-order valence-electron chi connectivity index (χ2n) is 7.49. The van der Waals surface area contributed by atoms with Gasteiger partial charge in [-0.25, -0.2) is 19.5 Å². The van der Waals surface area contributed by atoms with E-state index >= 15 is 0 Å². The number of aryl methyl sites for hydroxylation is 2. The summed E-state index contributed by atoms with van der Waals surface area (Å²) in [4.78, 5) is 25.1. The second-order valence-corrected chi connectivity index (χ2v) is 7.90. The number of halogens is 1. The highest BCUT2D eigenvalue weighted by Gasteiger charge is 2.50. The van der Waals surface area contributed by atoms with Crippen molar-refractivity contribution in [1.82, 2.24) is 9.97 Å². The first kappa shape index (κ1) is 19.7. The number of nitrogens with zero attached hydrogens (tertiary/aromatic N) is 4. The zero-order chi connectivity index (χ0) is 20.4. The van der Waals surface area contributed by atoms with Gasteiger partial charge in [0.05, 0.1) is 22.3 Å². The number of aromatic nitrogens is 2. The van der Waals surface area contributed by atoms with Gasteiger partial charge >= 0.3 is 0 Å². The van der Waals surface area contributed by atoms with Gasteiger partial charge in [0, 0.05) is 0 Å². The lowest BCUT2D eigenvalue weighted by Crippen LogP contribution is -2.37. The van der Waals surface area contributed by atoms with Crippen molar-refractivity contribution in [2.75, 3.05) is 19.7 Å². The van der Waals surface area contributed by atoms with Crippen molar-refractivity contribution in [2.24, 2.45) is 10.7 Å². The van der Waals surface area contributed by atoms with Crippen molar-refractivity contribution in [3.63, 3.8) is 0 Å². The topological polar surface area (TPSA) is 104 Å². The molecule has 150 valence electrons. The van der Waals surface area contributed by atoms with Crippen LogP contribution in [-0.4, -0.2) is 57.2 Å². The molecule has 1 fully saturated rings. The van der Waals surface area contributed by atoms with Gasteiger partial charge in [0.15, 0.2) is 25.0 Å². The van der Waals surface area contributed by atoms with Crippen LogP contribution in [0.5, 0.6) is 0 Å². The number of benzene rings is 1. The lowest BCUT2D eigenvalue weighted by atomic mass is 9.88. The first-order chi connectivity index (χ1) is 14.0. The van der Waals surface area contributed by atoms with E-state index in [1.165, 1.54) is 0 Å². The molecule has 4 rings (SSSR count). The smallest absolute Gasteiger partial charge is 0.250 e. The van der Waals surface area contributed by atoms with Crippen molar-refractivity contribution in [2.45, 2.75) is 31.1 Å². The van der Waals surface area contributed by atoms with Crippen LogP contribution in [0.25, 0.3) is 0 Å². The Morgan fingerprint density at radius 1 is 1.31 bits per heavy atom. The number of rotatable bonds is 8. The van der Waals surface area contributed by atoms with E-state index in [2.05, 4.69) is 15.0 Å². The fraction of sp³-hybridized carbons (Fsp3) is 0.381. The van der Waals surface area contributed by atoms with E-state index in [9.17, 15) is 4.79 Å². The molecule has 0 bridgehead atoms. The summed E-state index contributed by atoms with van der Waals surface area (Å²) in [6.45, 7) is 1.38. The molecule has 0 unspecified atom stereocenters. The third kappa shape index (κ3) is 4.06. The monoisotopic (exact) mass is 412 g/mol. The minimum absolute atomic E-state index is 0.115. The SMILES string of the molecule is NC(=O)C1(c2ccccc2CCc2nc(N=C3C=[N+](CCO)C3)ncc2Cl)CC1. The highest BCUT2D eigenvalue weighted by Crippen LogP contribution is 2.49. The van der Waals surface area contributed by atoms with Crippen LogP contribution in [0.4, 0.5) is 5.95 Å². The molecule has 0 saturated heterocycles. The highest BCUT2D eigenvalue weighted by atomic mass is 35.5. The van der Waals surface area contributed by atoms with Crippen LogP contribution in [0.2, 0.25) is 5.02 Å². The van der Waals surface area contributed by atoms with Crippen LogP contribution in [0.1, 0.15) is 29.7 Å². The predicted molar refractivity (Wildman–Crippen MR) is 111 cm³/mol. The number of β-amino-alcohol motifs (C(OH)–C–C–N with tert-alkyl or cyclic N) is 1. The number of aliphatic hydroxyl groups is 1. The summed E-state index contributed by atoms with van der Waals surface area (Å²) in [5.41, 5.74) is 8.87. The van der Waals surface area contributed by atoms with Crippen molar-refractivity contribution in [3.05, 3.63) is 52.3 Å². The molecule has 2 heterocycles. The van der Waals surface area contributed by atoms with Gasteiger partial charge in [-0.05, 0) is 36.8 Å². The molecule has 29 heavy (non-hydrogen) atoms. The van der Waals surface area contributed by atoms with E-state index < -0.39 is 5.41 Å². The van der Waals surface area contributed by atoms with Crippen LogP contribution in [0.3, 0.4) is 0 Å². The van der Waals surface area contributed by atoms with Gasteiger partial charge in [-0.2, -0.15) is 0 Å². The fourth-order valence-corrected chi connectivity index (χ4v) is 3.90. The zero-order valence-corrected chi connectivity index (χ0v) is 16.8. The van der Waals surface area contributed by atoms with Crippen molar-refractivity contribution in [1.29, 1.82) is 0 Å². The Hall–Kier alpha value is -2.64. The molecule has 1 amide bonds. The molecule has 1 aliphatic carbocycles. The van der Waals surface area contributed by atoms with Gasteiger partial charge in [0.25, 0.3) is 0 Å². The summed E-state index contributed by atoms with van der Waals surface area (Å²) >= 11 is 6.31. The Morgan fingerprint density at radius 2 is 2.07 bits per heavy atom. The Kier molecular flexibility index (Phi) is 5.43. The Morgan fingerprint density at radius 3 is 2.76 bits per heavy atom. The van der Waals surface area contributed by atoms with E-state index in [-0.39, 0.29) is 12.5 Å². The third-order valence-corrected chi connectivity index (χ3v) is 5.83. The van der Waals surface area contributed by atoms with Crippen LogP contribution < -0.4 is 5.73 Å². The largest absolute Gasteiger partial charge is 0.390 e. The Bertz CT molecular complexity index is 1010. The third-order valence-electron chi connectivity index (χ3n) is 5.52. The van der Waals surface area contributed by atoms with Crippen molar-refractivity contribution >= 4 is 35.4 Å². The molecule has 1 aliphatic heterocycles. The summed E-state index contributed by atoms with van der Waals surface area (Å²) in [6, 6.07) is 7.95. The molecule has 3 N–H and O–H groups in total. The highest BCUT2D eigenvalue weighted by molar-refractivity contribution is 6.33. The van der Waals surface area contributed by atoms with Crippen molar-refractivity contribution in [3.8, 4) is 0 Å². The predicted octanol–water partition coefficient (Wildman–Crippen LogP) is 1.59. The number of hydrogen-bond donors (Lipinski definition) is 2. The summed E-state index contributed by atoms with van der Waals surface area (Å²) in [5.74, 6) is 0.124. The number of carbonyl (C=O) groups excluding carboxylic acids is 1. The Balaban J connectivity index is 1.50. The molecule has 8 heteroatoms. The lowest BCUT2D eigenvalue weighted by molar-refractivity contribution is -0.521. The van der Waals surface area contributed by atoms with E-state index in [0.29, 0.717) is 36.9 Å². The Labute approximate surface area is 174 Å². The summed E-state index contributed by atoms with van der Waals surface area (Å²) < 4.78 is 1.97. The number of nitrogens with two attached hydrogens (primary N) is 1. The average Bonchev–Trinajstić information content (AvgIpc) is 3.49. The number of amides is 1. The second kappa shape index (κ2) is 8.00. The molecular weight excluding hydrogens is 390 g/mol. The van der Waals surface area contributed by atoms with Gasteiger partial charge in [0.2, 0.25) is 11.9 Å². The molecule has 2 aromatic rings. The molecule has 1 aromatic heterocycles. The zero-order valence-electron chi connectivity index (χ0n) is 16.0. The molecule has 1 aromatic carbocycles. The summed E-state index contributed by atoms with van der Waals surface area (Å²) in [6.07, 6.45) is 6.38. The molecular formula is C21H23ClN5O2+. The minimum Gasteiger partial charge on any atom is -0.390 e. The number of aliphatic hydroxyl groups excluding tert-OH is 1. The lowest BCUT2D eigenvalue weighted by Gasteiger charge is -2.16. The first-order valence-electron chi connectivity index (χ1n) is 9.69. The molecule has 2 aliphatic rings. The maximum Gasteiger partial charge on any atom is 0.250 e. The van der Waals surface area contributed by atoms with E-state index in [0.717, 1.165) is 35.4 Å². The quantitative estimate of drug-likeness (QED) is 0.642. The van der Waals surface area contributed by atoms with Crippen LogP contribution >= 0.6 is 11.6 Å². The molecule has 0 atom stereocenters. The van der Waals surface area contributed by atoms with Crippen LogP contribution in [-0.2, 0) is 23.1 Å². The number of primary amides is 1. The average molecular weight is 413 g/mol. The summed E-state index contributed by atoms with van der Waals surface area (Å²) in [5, 5.41) is 9.44. The maximum absolute atomic E-state index is 12.0. The molecule has 7 nitrogen and oxygen atoms in total. The fourth-order valence-electron chi connectivity index (χ4n) is 3.71. The van der Waals surface area contributed by atoms with Gasteiger partial charge in [-0.1, -0.05) is 35.9 Å². The number of hydrogen-bond acceptors (Lipinski definition) is 5. The minimum atomic E-state index is -0.510. The van der Waals surface area contributed by atoms with E-state index in [1.807, 2.05) is 35.1 Å². The van der Waals surface area contributed by atoms with Crippen LogP contribution in [0.15, 0.2) is 35.5 Å². The number of aliphatic imine (C=N–C) groups is 1. The van der Waals surface area contributed by atoms with Gasteiger partial charge in [0.1, 0.15) is 6.61 Å². The van der Waals surface area contributed by atoms with Gasteiger partial charge in [-0.15, -0.1) is 0 Å². The summed E-state index contributed by atoms with van der Waals surface area (Å²) in [7, 11) is 0.